The van der Waals surface area contributed by atoms with Gasteiger partial charge in [-0.1, -0.05) is 0 Å². The lowest BCUT2D eigenvalue weighted by Crippen LogP contribution is -2.26. The van der Waals surface area contributed by atoms with Crippen LogP contribution < -0.4 is 4.74 Å². The van der Waals surface area contributed by atoms with Crippen LogP contribution in [0, 0.1) is 11.6 Å². The van der Waals surface area contributed by atoms with Gasteiger partial charge in [-0.2, -0.15) is 0 Å². The molecule has 0 saturated carbocycles. The Morgan fingerprint density at radius 1 is 1.05 bits per heavy atom. The number of ketones is 3. The molecule has 112 valence electrons. The predicted octanol–water partition coefficient (Wildman–Crippen LogP) is 2.67. The van der Waals surface area contributed by atoms with E-state index in [-0.39, 0.29) is 32.2 Å². The molecule has 3 rings (SSSR count). The molecular formula is C14H5BrF2O4S. The number of carbonyl (C=O) groups is 3. The highest BCUT2D eigenvalue weighted by Gasteiger charge is 2.42. The Morgan fingerprint density at radius 2 is 1.68 bits per heavy atom. The van der Waals surface area contributed by atoms with E-state index >= 15 is 0 Å². The van der Waals surface area contributed by atoms with Crippen molar-refractivity contribution in [3.63, 3.8) is 0 Å². The second kappa shape index (κ2) is 5.44. The number of thioether (sulfide) groups is 1. The third-order valence-electron chi connectivity index (χ3n) is 2.95. The summed E-state index contributed by atoms with van der Waals surface area (Å²) < 4.78 is 31.5. The van der Waals surface area contributed by atoms with E-state index in [1.807, 2.05) is 0 Å². The number of halogens is 3. The van der Waals surface area contributed by atoms with Gasteiger partial charge in [-0.25, -0.2) is 8.78 Å². The van der Waals surface area contributed by atoms with Gasteiger partial charge >= 0.3 is 0 Å². The summed E-state index contributed by atoms with van der Waals surface area (Å²) in [6.45, 7) is 0. The monoisotopic (exact) mass is 386 g/mol. The number of ether oxygens (including phenoxy) is 1. The molecule has 8 heteroatoms. The van der Waals surface area contributed by atoms with Crippen LogP contribution in [-0.4, -0.2) is 23.1 Å². The highest BCUT2D eigenvalue weighted by atomic mass is 79.9. The lowest BCUT2D eigenvalue weighted by molar-refractivity contribution is -0.133. The summed E-state index contributed by atoms with van der Waals surface area (Å²) in [5.41, 5.74) is 0.0708. The third-order valence-corrected chi connectivity index (χ3v) is 4.79. The maximum absolute atomic E-state index is 13.2. The van der Waals surface area contributed by atoms with Gasteiger partial charge in [0.1, 0.15) is 17.4 Å². The first-order chi connectivity index (χ1) is 10.4. The van der Waals surface area contributed by atoms with Gasteiger partial charge in [-0.3, -0.25) is 14.4 Å². The van der Waals surface area contributed by atoms with Crippen molar-refractivity contribution in [2.75, 3.05) is 5.75 Å². The molecule has 0 unspecified atom stereocenters. The average Bonchev–Trinajstić information content (AvgIpc) is 2.82. The molecule has 1 heterocycles. The number of benzene rings is 1. The number of allylic oxidation sites excluding steroid dienone is 4. The van der Waals surface area contributed by atoms with Gasteiger partial charge in [0.05, 0.1) is 20.7 Å². The Morgan fingerprint density at radius 3 is 2.32 bits per heavy atom. The zero-order valence-electron chi connectivity index (χ0n) is 10.6. The predicted molar refractivity (Wildman–Crippen MR) is 77.4 cm³/mol. The summed E-state index contributed by atoms with van der Waals surface area (Å²) in [4.78, 5) is 35.9. The molecule has 0 N–H and O–H groups in total. The van der Waals surface area contributed by atoms with Crippen molar-refractivity contribution in [2.45, 2.75) is 0 Å². The van der Waals surface area contributed by atoms with Crippen LogP contribution in [0.4, 0.5) is 8.78 Å². The Balaban J connectivity index is 2.07. The van der Waals surface area contributed by atoms with Gasteiger partial charge in [-0.05, 0) is 15.9 Å². The van der Waals surface area contributed by atoms with Crippen LogP contribution in [0.5, 0.6) is 5.75 Å². The second-order valence-electron chi connectivity index (χ2n) is 4.42. The second-order valence-corrected chi connectivity index (χ2v) is 6.20. The molecule has 0 amide bonds. The molecule has 22 heavy (non-hydrogen) atoms. The van der Waals surface area contributed by atoms with Crippen molar-refractivity contribution in [3.05, 3.63) is 50.6 Å². The number of Topliss-reactive ketones (excluding diaryl/α,β-unsaturated/α-hetero) is 3. The van der Waals surface area contributed by atoms with Crippen LogP contribution in [0.2, 0.25) is 0 Å². The Bertz CT molecular complexity index is 793. The lowest BCUT2D eigenvalue weighted by Gasteiger charge is -2.16. The van der Waals surface area contributed by atoms with E-state index in [2.05, 4.69) is 15.9 Å². The minimum atomic E-state index is -0.975. The molecule has 0 radical (unpaired) electrons. The first kappa shape index (κ1) is 15.1. The molecule has 0 atom stereocenters. The summed E-state index contributed by atoms with van der Waals surface area (Å²) in [5.74, 6) is -4.63. The van der Waals surface area contributed by atoms with Gasteiger partial charge in [0.15, 0.2) is 11.5 Å². The Labute approximate surface area is 135 Å². The van der Waals surface area contributed by atoms with Gasteiger partial charge in [0.2, 0.25) is 5.78 Å². The van der Waals surface area contributed by atoms with E-state index in [4.69, 9.17) is 4.74 Å². The molecule has 1 aromatic rings. The first-order valence-corrected chi connectivity index (χ1v) is 7.69. The summed E-state index contributed by atoms with van der Waals surface area (Å²) >= 11 is 4.05. The van der Waals surface area contributed by atoms with E-state index in [1.165, 1.54) is 0 Å². The minimum Gasteiger partial charge on any atom is -0.452 e. The quantitative estimate of drug-likeness (QED) is 0.577. The van der Waals surface area contributed by atoms with Crippen molar-refractivity contribution < 1.29 is 27.9 Å². The number of rotatable bonds is 2. The van der Waals surface area contributed by atoms with Crippen LogP contribution in [0.25, 0.3) is 0 Å². The summed E-state index contributed by atoms with van der Waals surface area (Å²) in [6, 6.07) is 2.37. The van der Waals surface area contributed by atoms with E-state index in [0.29, 0.717) is 6.07 Å². The van der Waals surface area contributed by atoms with Gasteiger partial charge in [-0.15, -0.1) is 11.8 Å². The van der Waals surface area contributed by atoms with Crippen molar-refractivity contribution in [2.24, 2.45) is 0 Å². The summed E-state index contributed by atoms with van der Waals surface area (Å²) in [5, 5.41) is 0. The Kier molecular flexibility index (Phi) is 3.73. The molecule has 0 bridgehead atoms. The molecule has 2 aliphatic rings. The van der Waals surface area contributed by atoms with Crippen molar-refractivity contribution in [1.29, 1.82) is 0 Å². The zero-order valence-corrected chi connectivity index (χ0v) is 13.0. The lowest BCUT2D eigenvalue weighted by atomic mass is 10.0. The maximum atomic E-state index is 13.2. The highest BCUT2D eigenvalue weighted by Crippen LogP contribution is 2.41. The number of carbonyl (C=O) groups excluding carboxylic acids is 3. The van der Waals surface area contributed by atoms with E-state index < -0.39 is 29.0 Å². The molecule has 0 aromatic heterocycles. The molecule has 0 saturated heterocycles. The topological polar surface area (TPSA) is 60.4 Å². The summed E-state index contributed by atoms with van der Waals surface area (Å²) in [7, 11) is 0. The molecule has 1 aromatic carbocycles. The Hall–Kier alpha value is -1.80. The highest BCUT2D eigenvalue weighted by molar-refractivity contribution is 9.12. The van der Waals surface area contributed by atoms with Gasteiger partial charge < -0.3 is 4.74 Å². The van der Waals surface area contributed by atoms with E-state index in [1.54, 1.807) is 0 Å². The molecule has 1 aliphatic carbocycles. The molecule has 4 nitrogen and oxygen atoms in total. The average molecular weight is 387 g/mol. The first-order valence-electron chi connectivity index (χ1n) is 5.92. The zero-order chi connectivity index (χ0) is 16.0. The largest absolute Gasteiger partial charge is 0.452 e. The van der Waals surface area contributed by atoms with Crippen molar-refractivity contribution in [1.82, 2.24) is 0 Å². The van der Waals surface area contributed by atoms with Crippen LogP contribution in [0.3, 0.4) is 0 Å². The fourth-order valence-electron chi connectivity index (χ4n) is 2.03. The van der Waals surface area contributed by atoms with E-state index in [0.717, 1.165) is 23.9 Å². The smallest absolute Gasteiger partial charge is 0.270 e. The van der Waals surface area contributed by atoms with Gasteiger partial charge in [0.25, 0.3) is 5.78 Å². The SMILES string of the molecule is O=C1CSC2=C1C(Br)=C(Oc1cc(F)cc(F)c1)C(=O)C2=O. The van der Waals surface area contributed by atoms with Crippen molar-refractivity contribution in [3.8, 4) is 5.75 Å². The van der Waals surface area contributed by atoms with Gasteiger partial charge in [0, 0.05) is 18.2 Å². The third kappa shape index (κ3) is 2.42. The van der Waals surface area contributed by atoms with Crippen LogP contribution in [0.1, 0.15) is 0 Å². The number of hydrogen-bond acceptors (Lipinski definition) is 5. The standard InChI is InChI=1S/C14H5BrF2O4S/c15-10-9-8(18)4-22-14(9)12(20)11(19)13(10)21-7-2-5(16)1-6(17)3-7/h1-3H,4H2. The van der Waals surface area contributed by atoms with Crippen LogP contribution in [-0.2, 0) is 14.4 Å². The van der Waals surface area contributed by atoms with E-state index in [9.17, 15) is 23.2 Å². The molecule has 1 aliphatic heterocycles. The molecule has 0 spiro atoms. The van der Waals surface area contributed by atoms with Crippen LogP contribution >= 0.6 is 27.7 Å². The van der Waals surface area contributed by atoms with Crippen LogP contribution in [0.15, 0.2) is 38.9 Å². The normalized spacial score (nSPS) is 18.2. The van der Waals surface area contributed by atoms with Crippen molar-refractivity contribution >= 4 is 45.0 Å². The summed E-state index contributed by atoms with van der Waals surface area (Å²) in [6.07, 6.45) is 0. The molecular weight excluding hydrogens is 382 g/mol. The maximum Gasteiger partial charge on any atom is 0.270 e. The minimum absolute atomic E-state index is 0.0202. The molecule has 0 fully saturated rings. The fraction of sp³-hybridized carbons (Fsp3) is 0.0714. The fourth-order valence-corrected chi connectivity index (χ4v) is 3.84. The number of hydrogen-bond donors (Lipinski definition) is 0.